The number of benzene rings is 1. The highest BCUT2D eigenvalue weighted by molar-refractivity contribution is 5.86. The molecule has 0 amide bonds. The Labute approximate surface area is 137 Å². The fourth-order valence-corrected chi connectivity index (χ4v) is 3.77. The zero-order valence-electron chi connectivity index (χ0n) is 13.9. The van der Waals surface area contributed by atoms with Gasteiger partial charge in [0, 0.05) is 42.3 Å². The summed E-state index contributed by atoms with van der Waals surface area (Å²) in [6.07, 6.45) is 3.16. The Kier molecular flexibility index (Phi) is 5.02. The summed E-state index contributed by atoms with van der Waals surface area (Å²) in [4.78, 5) is 2.18. The van der Waals surface area contributed by atoms with Crippen LogP contribution in [0.5, 0.6) is 0 Å². The number of fused-ring (bicyclic) bond motifs is 1. The molecule has 0 radical (unpaired) electrons. The smallest absolute Gasteiger partial charge is 0.125 e. The summed E-state index contributed by atoms with van der Waals surface area (Å²) in [5, 5.41) is 11.8. The first-order valence-electron chi connectivity index (χ1n) is 8.59. The van der Waals surface area contributed by atoms with E-state index >= 15 is 0 Å². The second kappa shape index (κ2) is 7.01. The van der Waals surface area contributed by atoms with Crippen molar-refractivity contribution >= 4 is 10.9 Å². The maximum absolute atomic E-state index is 10.7. The van der Waals surface area contributed by atoms with Crippen LogP contribution in [0.1, 0.15) is 36.6 Å². The molecule has 0 spiro atoms. The van der Waals surface area contributed by atoms with E-state index in [2.05, 4.69) is 28.5 Å². The van der Waals surface area contributed by atoms with E-state index < -0.39 is 6.23 Å². The van der Waals surface area contributed by atoms with Crippen molar-refractivity contribution in [3.8, 4) is 0 Å². The summed E-state index contributed by atoms with van der Waals surface area (Å²) >= 11 is 0. The number of aliphatic hydroxyl groups is 1. The highest BCUT2D eigenvalue weighted by atomic mass is 16.3. The summed E-state index contributed by atoms with van der Waals surface area (Å²) in [7, 11) is 0. The number of nitrogens with zero attached hydrogens (tertiary/aromatic N) is 2. The number of aromatic nitrogens is 1. The van der Waals surface area contributed by atoms with Crippen LogP contribution >= 0.6 is 0 Å². The molecule has 2 atom stereocenters. The number of rotatable bonds is 5. The number of para-hydroxylation sites is 1. The van der Waals surface area contributed by atoms with Crippen LogP contribution in [0.2, 0.25) is 0 Å². The van der Waals surface area contributed by atoms with Crippen molar-refractivity contribution in [1.82, 2.24) is 9.47 Å². The van der Waals surface area contributed by atoms with Crippen molar-refractivity contribution in [2.75, 3.05) is 19.6 Å². The van der Waals surface area contributed by atoms with Gasteiger partial charge in [0.15, 0.2) is 0 Å². The lowest BCUT2D eigenvalue weighted by atomic mass is 10.0. The van der Waals surface area contributed by atoms with E-state index in [1.54, 1.807) is 0 Å². The van der Waals surface area contributed by atoms with Gasteiger partial charge in [-0.3, -0.25) is 4.90 Å². The van der Waals surface area contributed by atoms with Crippen molar-refractivity contribution in [3.63, 3.8) is 0 Å². The molecule has 5 N–H and O–H groups in total. The molecule has 0 bridgehead atoms. The first kappa shape index (κ1) is 16.5. The van der Waals surface area contributed by atoms with Gasteiger partial charge in [0.25, 0.3) is 0 Å². The second-order valence-corrected chi connectivity index (χ2v) is 6.55. The van der Waals surface area contributed by atoms with Crippen molar-refractivity contribution in [1.29, 1.82) is 0 Å². The standard InChI is InChI=1S/C18H28N4O/c1-13-18(15(20)11-19)14-7-3-4-8-16(14)22(13)12-17(23)21-9-5-2-6-10-21/h3-4,7-8,15,17,23H,2,5-6,9-12,19-20H2,1H3. The molecule has 0 saturated carbocycles. The summed E-state index contributed by atoms with van der Waals surface area (Å²) in [5.41, 5.74) is 15.4. The summed E-state index contributed by atoms with van der Waals surface area (Å²) in [5.74, 6) is 0. The Morgan fingerprint density at radius 1 is 1.17 bits per heavy atom. The van der Waals surface area contributed by atoms with Gasteiger partial charge in [-0.05, 0) is 31.4 Å². The normalized spacial score (nSPS) is 19.1. The van der Waals surface area contributed by atoms with Crippen LogP contribution in [-0.4, -0.2) is 40.4 Å². The van der Waals surface area contributed by atoms with Gasteiger partial charge >= 0.3 is 0 Å². The number of nitrogens with two attached hydrogens (primary N) is 2. The fourth-order valence-electron chi connectivity index (χ4n) is 3.77. The minimum atomic E-state index is -0.452. The predicted octanol–water partition coefficient (Wildman–Crippen LogP) is 1.71. The van der Waals surface area contributed by atoms with E-state index in [4.69, 9.17) is 11.5 Å². The van der Waals surface area contributed by atoms with E-state index in [1.807, 2.05) is 12.1 Å². The average Bonchev–Trinajstić information content (AvgIpc) is 2.87. The second-order valence-electron chi connectivity index (χ2n) is 6.55. The lowest BCUT2D eigenvalue weighted by Crippen LogP contribution is -2.41. The molecule has 126 valence electrons. The number of aliphatic hydroxyl groups excluding tert-OH is 1. The molecular weight excluding hydrogens is 288 g/mol. The van der Waals surface area contributed by atoms with Gasteiger partial charge in [-0.2, -0.15) is 0 Å². The summed E-state index contributed by atoms with van der Waals surface area (Å²) in [6, 6.07) is 8.08. The predicted molar refractivity (Wildman–Crippen MR) is 94.1 cm³/mol. The molecule has 0 aliphatic carbocycles. The van der Waals surface area contributed by atoms with Crippen LogP contribution in [-0.2, 0) is 6.54 Å². The Balaban J connectivity index is 1.95. The molecule has 2 unspecified atom stereocenters. The lowest BCUT2D eigenvalue weighted by Gasteiger charge is -2.31. The monoisotopic (exact) mass is 316 g/mol. The van der Waals surface area contributed by atoms with E-state index in [0.29, 0.717) is 13.1 Å². The third-order valence-corrected chi connectivity index (χ3v) is 5.06. The van der Waals surface area contributed by atoms with Crippen molar-refractivity contribution in [2.24, 2.45) is 11.5 Å². The van der Waals surface area contributed by atoms with Crippen LogP contribution < -0.4 is 11.5 Å². The molecule has 5 nitrogen and oxygen atoms in total. The van der Waals surface area contributed by atoms with Crippen LogP contribution in [0.25, 0.3) is 10.9 Å². The summed E-state index contributed by atoms with van der Waals surface area (Å²) in [6.45, 7) is 5.03. The topological polar surface area (TPSA) is 80.4 Å². The molecule has 1 aliphatic rings. The Bertz CT molecular complexity index is 660. The minimum Gasteiger partial charge on any atom is -0.376 e. The summed E-state index contributed by atoms with van der Waals surface area (Å²) < 4.78 is 2.19. The molecule has 3 rings (SSSR count). The maximum atomic E-state index is 10.7. The minimum absolute atomic E-state index is 0.173. The van der Waals surface area contributed by atoms with Crippen molar-refractivity contribution in [3.05, 3.63) is 35.5 Å². The maximum Gasteiger partial charge on any atom is 0.125 e. The van der Waals surface area contributed by atoms with Gasteiger partial charge in [-0.15, -0.1) is 0 Å². The van der Waals surface area contributed by atoms with Gasteiger partial charge in [0.1, 0.15) is 6.23 Å². The first-order chi connectivity index (χ1) is 11.1. The Morgan fingerprint density at radius 2 is 1.87 bits per heavy atom. The van der Waals surface area contributed by atoms with E-state index in [-0.39, 0.29) is 6.04 Å². The van der Waals surface area contributed by atoms with Crippen LogP contribution in [0.4, 0.5) is 0 Å². The molecule has 1 aromatic heterocycles. The number of likely N-dealkylation sites (tertiary alicyclic amines) is 1. The van der Waals surface area contributed by atoms with Crippen LogP contribution in [0.15, 0.2) is 24.3 Å². The van der Waals surface area contributed by atoms with Gasteiger partial charge in [0.05, 0.1) is 6.54 Å². The first-order valence-corrected chi connectivity index (χ1v) is 8.59. The third-order valence-electron chi connectivity index (χ3n) is 5.06. The van der Waals surface area contributed by atoms with E-state index in [1.165, 1.54) is 19.3 Å². The molecule has 23 heavy (non-hydrogen) atoms. The van der Waals surface area contributed by atoms with Gasteiger partial charge in [-0.25, -0.2) is 0 Å². The molecule has 5 heteroatoms. The van der Waals surface area contributed by atoms with Crippen LogP contribution in [0.3, 0.4) is 0 Å². The molecule has 1 aliphatic heterocycles. The Hall–Kier alpha value is -1.40. The number of hydrogen-bond acceptors (Lipinski definition) is 4. The Morgan fingerprint density at radius 3 is 2.57 bits per heavy atom. The van der Waals surface area contributed by atoms with Crippen LogP contribution in [0, 0.1) is 6.92 Å². The fraction of sp³-hybridized carbons (Fsp3) is 0.556. The number of hydrogen-bond donors (Lipinski definition) is 3. The average molecular weight is 316 g/mol. The largest absolute Gasteiger partial charge is 0.376 e. The molecule has 2 aromatic rings. The highest BCUT2D eigenvalue weighted by Gasteiger charge is 2.23. The molecule has 1 aromatic carbocycles. The van der Waals surface area contributed by atoms with Gasteiger partial charge in [0.2, 0.25) is 0 Å². The van der Waals surface area contributed by atoms with E-state index in [9.17, 15) is 5.11 Å². The SMILES string of the molecule is Cc1c(C(N)CN)c2ccccc2n1CC(O)N1CCCCC1. The molecule has 2 heterocycles. The lowest BCUT2D eigenvalue weighted by molar-refractivity contribution is -0.0187. The highest BCUT2D eigenvalue weighted by Crippen LogP contribution is 2.30. The van der Waals surface area contributed by atoms with Gasteiger partial charge < -0.3 is 21.1 Å². The van der Waals surface area contributed by atoms with Crippen molar-refractivity contribution in [2.45, 2.75) is 45.0 Å². The van der Waals surface area contributed by atoms with Crippen molar-refractivity contribution < 1.29 is 5.11 Å². The quantitative estimate of drug-likeness (QED) is 0.784. The zero-order valence-corrected chi connectivity index (χ0v) is 13.9. The molecule has 1 fully saturated rings. The third kappa shape index (κ3) is 3.15. The number of piperidine rings is 1. The molecule has 1 saturated heterocycles. The van der Waals surface area contributed by atoms with Gasteiger partial charge in [-0.1, -0.05) is 24.6 Å². The zero-order chi connectivity index (χ0) is 16.4. The van der Waals surface area contributed by atoms with E-state index in [0.717, 1.165) is 35.2 Å². The molecular formula is C18H28N4O.